The Kier molecular flexibility index (Phi) is 3.74. The molecular weight excluding hydrogens is 295 g/mol. The summed E-state index contributed by atoms with van der Waals surface area (Å²) in [6.07, 6.45) is -2.82. The van der Waals surface area contributed by atoms with Gasteiger partial charge in [0.2, 0.25) is 0 Å². The van der Waals surface area contributed by atoms with E-state index in [1.165, 1.54) is 24.4 Å². The first-order valence-electron chi connectivity index (χ1n) is 6.88. The number of halogens is 3. The van der Waals surface area contributed by atoms with E-state index in [-0.39, 0.29) is 11.4 Å². The Bertz CT molecular complexity index is 675. The molecule has 1 aliphatic rings. The number of β-amino-alcohol motifs (C(OH)–C–C–N with tert-alkyl or cyclic N) is 1. The van der Waals surface area contributed by atoms with Gasteiger partial charge in [0.1, 0.15) is 5.82 Å². The molecule has 0 bridgehead atoms. The smallest absolute Gasteiger partial charge is 0.391 e. The number of benzene rings is 1. The van der Waals surface area contributed by atoms with Crippen LogP contribution in [0, 0.1) is 0 Å². The van der Waals surface area contributed by atoms with E-state index in [4.69, 9.17) is 0 Å². The van der Waals surface area contributed by atoms with Gasteiger partial charge in [-0.05, 0) is 18.6 Å². The van der Waals surface area contributed by atoms with Gasteiger partial charge in [0.05, 0.1) is 11.7 Å². The molecule has 0 amide bonds. The lowest BCUT2D eigenvalue weighted by molar-refractivity contribution is -0.137. The second-order valence-electron chi connectivity index (χ2n) is 5.17. The van der Waals surface area contributed by atoms with Gasteiger partial charge in [-0.25, -0.2) is 9.97 Å². The summed E-state index contributed by atoms with van der Waals surface area (Å²) in [5, 5.41) is 9.56. The lowest BCUT2D eigenvalue weighted by Crippen LogP contribution is -2.22. The molecule has 1 saturated heterocycles. The molecule has 1 aromatic carbocycles. The summed E-state index contributed by atoms with van der Waals surface area (Å²) >= 11 is 0. The number of rotatable bonds is 2. The Hall–Kier alpha value is -2.15. The predicted octanol–water partition coefficient (Wildman–Crippen LogP) is 2.73. The van der Waals surface area contributed by atoms with Crippen molar-refractivity contribution < 1.29 is 18.3 Å². The number of hydrogen-bond donors (Lipinski definition) is 1. The molecule has 0 radical (unpaired) electrons. The van der Waals surface area contributed by atoms with Gasteiger partial charge in [0, 0.05) is 24.8 Å². The van der Waals surface area contributed by atoms with Crippen molar-refractivity contribution in [3.05, 3.63) is 42.1 Å². The summed E-state index contributed by atoms with van der Waals surface area (Å²) in [5.41, 5.74) is -0.801. The van der Waals surface area contributed by atoms with Crippen LogP contribution in [0.3, 0.4) is 0 Å². The maximum atomic E-state index is 13.1. The van der Waals surface area contributed by atoms with Gasteiger partial charge < -0.3 is 10.0 Å². The fourth-order valence-corrected chi connectivity index (χ4v) is 2.53. The molecule has 0 spiro atoms. The third-order valence-corrected chi connectivity index (χ3v) is 3.60. The molecule has 22 heavy (non-hydrogen) atoms. The Morgan fingerprint density at radius 2 is 1.95 bits per heavy atom. The molecule has 0 saturated carbocycles. The zero-order valence-corrected chi connectivity index (χ0v) is 11.6. The van der Waals surface area contributed by atoms with Crippen LogP contribution in [0.2, 0.25) is 0 Å². The first-order valence-corrected chi connectivity index (χ1v) is 6.88. The summed E-state index contributed by atoms with van der Waals surface area (Å²) in [7, 11) is 0. The van der Waals surface area contributed by atoms with Crippen LogP contribution in [0.15, 0.2) is 36.5 Å². The van der Waals surface area contributed by atoms with Crippen LogP contribution in [0.25, 0.3) is 11.4 Å². The van der Waals surface area contributed by atoms with E-state index in [0.29, 0.717) is 25.3 Å². The van der Waals surface area contributed by atoms with Gasteiger partial charge in [-0.2, -0.15) is 13.2 Å². The topological polar surface area (TPSA) is 49.2 Å². The second kappa shape index (κ2) is 5.57. The summed E-state index contributed by atoms with van der Waals surface area (Å²) in [6.45, 7) is 1.05. The SMILES string of the molecule is O[C@@H]1CCN(c2ccnc(-c3ccccc3C(F)(F)F)n2)C1. The molecule has 1 aliphatic heterocycles. The zero-order chi connectivity index (χ0) is 15.7. The van der Waals surface area contributed by atoms with E-state index in [1.54, 1.807) is 6.07 Å². The van der Waals surface area contributed by atoms with Crippen molar-refractivity contribution >= 4 is 5.82 Å². The summed E-state index contributed by atoms with van der Waals surface area (Å²) in [4.78, 5) is 10.1. The monoisotopic (exact) mass is 309 g/mol. The van der Waals surface area contributed by atoms with Crippen molar-refractivity contribution in [2.75, 3.05) is 18.0 Å². The molecule has 1 atom stereocenters. The molecular formula is C15H14F3N3O. The number of aliphatic hydroxyl groups excluding tert-OH is 1. The highest BCUT2D eigenvalue weighted by molar-refractivity contribution is 5.62. The Labute approximate surface area is 125 Å². The first-order chi connectivity index (χ1) is 10.4. The average Bonchev–Trinajstić information content (AvgIpc) is 2.93. The van der Waals surface area contributed by atoms with Crippen molar-refractivity contribution in [1.29, 1.82) is 0 Å². The number of alkyl halides is 3. The Morgan fingerprint density at radius 3 is 2.64 bits per heavy atom. The van der Waals surface area contributed by atoms with E-state index in [9.17, 15) is 18.3 Å². The fraction of sp³-hybridized carbons (Fsp3) is 0.333. The highest BCUT2D eigenvalue weighted by Crippen LogP contribution is 2.36. The summed E-state index contributed by atoms with van der Waals surface area (Å²) in [5.74, 6) is 0.561. The van der Waals surface area contributed by atoms with Gasteiger partial charge in [-0.3, -0.25) is 0 Å². The molecule has 3 rings (SSSR count). The van der Waals surface area contributed by atoms with Crippen LogP contribution in [0.4, 0.5) is 19.0 Å². The van der Waals surface area contributed by atoms with Crippen molar-refractivity contribution in [3.63, 3.8) is 0 Å². The largest absolute Gasteiger partial charge is 0.417 e. The van der Waals surface area contributed by atoms with Crippen LogP contribution in [-0.2, 0) is 6.18 Å². The van der Waals surface area contributed by atoms with Crippen LogP contribution >= 0.6 is 0 Å². The van der Waals surface area contributed by atoms with Crippen LogP contribution in [-0.4, -0.2) is 34.3 Å². The lowest BCUT2D eigenvalue weighted by Gasteiger charge is -2.17. The van der Waals surface area contributed by atoms with Crippen LogP contribution in [0.1, 0.15) is 12.0 Å². The molecule has 4 nitrogen and oxygen atoms in total. The van der Waals surface area contributed by atoms with Gasteiger partial charge in [0.25, 0.3) is 0 Å². The predicted molar refractivity (Wildman–Crippen MR) is 75.3 cm³/mol. The maximum absolute atomic E-state index is 13.1. The van der Waals surface area contributed by atoms with Crippen molar-refractivity contribution in [2.24, 2.45) is 0 Å². The maximum Gasteiger partial charge on any atom is 0.417 e. The Morgan fingerprint density at radius 1 is 1.18 bits per heavy atom. The molecule has 2 heterocycles. The minimum Gasteiger partial charge on any atom is -0.391 e. The van der Waals surface area contributed by atoms with Crippen molar-refractivity contribution in [3.8, 4) is 11.4 Å². The van der Waals surface area contributed by atoms with Gasteiger partial charge in [-0.1, -0.05) is 18.2 Å². The molecule has 7 heteroatoms. The standard InChI is InChI=1S/C15H14F3N3O/c16-15(17,18)12-4-2-1-3-11(12)14-19-7-5-13(20-14)21-8-6-10(22)9-21/h1-5,7,10,22H,6,8-9H2/t10-/m1/s1. The lowest BCUT2D eigenvalue weighted by atomic mass is 10.1. The summed E-state index contributed by atoms with van der Waals surface area (Å²) < 4.78 is 39.3. The average molecular weight is 309 g/mol. The highest BCUT2D eigenvalue weighted by atomic mass is 19.4. The number of nitrogens with zero attached hydrogens (tertiary/aromatic N) is 3. The molecule has 0 aliphatic carbocycles. The van der Waals surface area contributed by atoms with Gasteiger partial charge in [0.15, 0.2) is 5.82 Å². The van der Waals surface area contributed by atoms with E-state index >= 15 is 0 Å². The summed E-state index contributed by atoms with van der Waals surface area (Å²) in [6, 6.07) is 6.89. The molecule has 1 aromatic heterocycles. The molecule has 0 unspecified atom stereocenters. The number of aliphatic hydroxyl groups is 1. The minimum atomic E-state index is -4.46. The molecule has 1 N–H and O–H groups in total. The molecule has 2 aromatic rings. The third kappa shape index (κ3) is 2.89. The molecule has 116 valence electrons. The van der Waals surface area contributed by atoms with Crippen LogP contribution < -0.4 is 4.90 Å². The first kappa shape index (κ1) is 14.8. The number of hydrogen-bond acceptors (Lipinski definition) is 4. The fourth-order valence-electron chi connectivity index (χ4n) is 2.53. The zero-order valence-electron chi connectivity index (χ0n) is 11.6. The molecule has 1 fully saturated rings. The van der Waals surface area contributed by atoms with E-state index in [0.717, 1.165) is 6.07 Å². The highest BCUT2D eigenvalue weighted by Gasteiger charge is 2.34. The third-order valence-electron chi connectivity index (χ3n) is 3.60. The Balaban J connectivity index is 2.00. The van der Waals surface area contributed by atoms with Gasteiger partial charge in [-0.15, -0.1) is 0 Å². The van der Waals surface area contributed by atoms with E-state index < -0.39 is 17.8 Å². The van der Waals surface area contributed by atoms with E-state index in [1.807, 2.05) is 4.90 Å². The van der Waals surface area contributed by atoms with Gasteiger partial charge >= 0.3 is 6.18 Å². The van der Waals surface area contributed by atoms with Crippen molar-refractivity contribution in [2.45, 2.75) is 18.7 Å². The van der Waals surface area contributed by atoms with E-state index in [2.05, 4.69) is 9.97 Å². The second-order valence-corrected chi connectivity index (χ2v) is 5.17. The van der Waals surface area contributed by atoms with Crippen molar-refractivity contribution in [1.82, 2.24) is 9.97 Å². The quantitative estimate of drug-likeness (QED) is 0.927. The number of aromatic nitrogens is 2. The van der Waals surface area contributed by atoms with Crippen LogP contribution in [0.5, 0.6) is 0 Å². The number of anilines is 1. The minimum absolute atomic E-state index is 0.0341. The normalized spacial score (nSPS) is 18.7.